The molecule has 1 aliphatic rings. The molecule has 0 aliphatic carbocycles. The average molecular weight is 538 g/mol. The molecule has 0 spiro atoms. The topological polar surface area (TPSA) is 105 Å². The maximum absolute atomic E-state index is 13.6. The lowest BCUT2D eigenvalue weighted by molar-refractivity contribution is -0.140. The number of halogens is 1. The smallest absolute Gasteiger partial charge is 0.244 e. The van der Waals surface area contributed by atoms with Crippen LogP contribution in [0.15, 0.2) is 42.5 Å². The Labute approximate surface area is 217 Å². The zero-order valence-electron chi connectivity index (χ0n) is 21.1. The van der Waals surface area contributed by atoms with Crippen molar-refractivity contribution in [3.8, 4) is 11.5 Å². The van der Waals surface area contributed by atoms with Crippen molar-refractivity contribution in [3.05, 3.63) is 53.1 Å². The molecule has 3 rings (SSSR count). The van der Waals surface area contributed by atoms with E-state index in [1.54, 1.807) is 43.3 Å². The maximum atomic E-state index is 13.6. The summed E-state index contributed by atoms with van der Waals surface area (Å²) in [5.74, 6) is -0.0387. The van der Waals surface area contributed by atoms with E-state index in [4.69, 9.17) is 21.1 Å². The summed E-state index contributed by atoms with van der Waals surface area (Å²) in [6.45, 7) is 7.35. The number of anilines is 1. The molecule has 0 radical (unpaired) electrons. The molecule has 0 saturated heterocycles. The van der Waals surface area contributed by atoms with E-state index in [0.717, 1.165) is 10.6 Å². The summed E-state index contributed by atoms with van der Waals surface area (Å²) in [5, 5.41) is 3.31. The molecule has 0 bridgehead atoms. The fourth-order valence-electron chi connectivity index (χ4n) is 3.67. The number of hydrogen-bond donors (Lipinski definition) is 1. The van der Waals surface area contributed by atoms with E-state index < -0.39 is 34.1 Å². The third-order valence-corrected chi connectivity index (χ3v) is 6.97. The van der Waals surface area contributed by atoms with Crippen LogP contribution in [0.3, 0.4) is 0 Å². The van der Waals surface area contributed by atoms with Gasteiger partial charge in [0.2, 0.25) is 21.8 Å². The molecule has 2 aromatic rings. The third-order valence-electron chi connectivity index (χ3n) is 5.46. The number of rotatable bonds is 8. The van der Waals surface area contributed by atoms with Gasteiger partial charge in [0, 0.05) is 23.2 Å². The number of carbonyl (C=O) groups excluding carboxylic acids is 2. The molecule has 0 saturated carbocycles. The Balaban J connectivity index is 1.94. The molecule has 196 valence electrons. The van der Waals surface area contributed by atoms with Gasteiger partial charge in [-0.05, 0) is 51.5 Å². The normalized spacial score (nSPS) is 14.1. The highest BCUT2D eigenvalue weighted by molar-refractivity contribution is 7.92. The van der Waals surface area contributed by atoms with Gasteiger partial charge in [0.1, 0.15) is 25.8 Å². The first-order valence-corrected chi connectivity index (χ1v) is 13.7. The maximum Gasteiger partial charge on any atom is 0.244 e. The van der Waals surface area contributed by atoms with Crippen molar-refractivity contribution < 1.29 is 27.5 Å². The van der Waals surface area contributed by atoms with Gasteiger partial charge in [-0.2, -0.15) is 0 Å². The SMILES string of the molecule is C[C@H](C(=O)NC(C)(C)C)N(Cc1ccccc1Cl)C(=O)CN(c1ccc2c(c1)OCCO2)S(C)(=O)=O. The van der Waals surface area contributed by atoms with E-state index in [1.807, 2.05) is 20.8 Å². The summed E-state index contributed by atoms with van der Waals surface area (Å²) in [5.41, 5.74) is 0.363. The van der Waals surface area contributed by atoms with Crippen molar-refractivity contribution in [2.75, 3.05) is 30.3 Å². The number of nitrogens with zero attached hydrogens (tertiary/aromatic N) is 2. The van der Waals surface area contributed by atoms with Crippen LogP contribution in [-0.2, 0) is 26.2 Å². The van der Waals surface area contributed by atoms with Gasteiger partial charge in [0.05, 0.1) is 11.9 Å². The van der Waals surface area contributed by atoms with Gasteiger partial charge in [-0.25, -0.2) is 8.42 Å². The van der Waals surface area contributed by atoms with Crippen molar-refractivity contribution in [2.24, 2.45) is 0 Å². The van der Waals surface area contributed by atoms with Crippen LogP contribution < -0.4 is 19.1 Å². The number of carbonyl (C=O) groups is 2. The van der Waals surface area contributed by atoms with Crippen molar-refractivity contribution in [2.45, 2.75) is 45.8 Å². The van der Waals surface area contributed by atoms with E-state index in [0.29, 0.717) is 35.3 Å². The molecule has 36 heavy (non-hydrogen) atoms. The molecule has 2 amide bonds. The van der Waals surface area contributed by atoms with Crippen LogP contribution in [0.4, 0.5) is 5.69 Å². The molecule has 9 nitrogen and oxygen atoms in total. The molecular formula is C25H32ClN3O6S. The highest BCUT2D eigenvalue weighted by Crippen LogP contribution is 2.34. The molecule has 1 aliphatic heterocycles. The van der Waals surface area contributed by atoms with E-state index in [1.165, 1.54) is 11.0 Å². The summed E-state index contributed by atoms with van der Waals surface area (Å²) in [6, 6.07) is 10.8. The second-order valence-corrected chi connectivity index (χ2v) is 11.9. The fraction of sp³-hybridized carbons (Fsp3) is 0.440. The summed E-state index contributed by atoms with van der Waals surface area (Å²) in [6.07, 6.45) is 1.02. The monoisotopic (exact) mass is 537 g/mol. The lowest BCUT2D eigenvalue weighted by atomic mass is 10.1. The summed E-state index contributed by atoms with van der Waals surface area (Å²) in [7, 11) is -3.87. The number of amides is 2. The van der Waals surface area contributed by atoms with Crippen molar-refractivity contribution in [1.29, 1.82) is 0 Å². The molecular weight excluding hydrogens is 506 g/mol. The van der Waals surface area contributed by atoms with Gasteiger partial charge < -0.3 is 19.7 Å². The quantitative estimate of drug-likeness (QED) is 0.554. The molecule has 0 fully saturated rings. The van der Waals surface area contributed by atoms with Crippen LogP contribution >= 0.6 is 11.6 Å². The number of fused-ring (bicyclic) bond motifs is 1. The Hall–Kier alpha value is -2.98. The zero-order chi connectivity index (χ0) is 26.7. The van der Waals surface area contributed by atoms with Gasteiger partial charge in [-0.1, -0.05) is 29.8 Å². The second-order valence-electron chi connectivity index (χ2n) is 9.63. The largest absolute Gasteiger partial charge is 0.486 e. The van der Waals surface area contributed by atoms with Crippen LogP contribution in [-0.4, -0.2) is 62.7 Å². The summed E-state index contributed by atoms with van der Waals surface area (Å²) in [4.78, 5) is 28.0. The van der Waals surface area contributed by atoms with Crippen LogP contribution in [0.25, 0.3) is 0 Å². The summed E-state index contributed by atoms with van der Waals surface area (Å²) < 4.78 is 37.6. The predicted molar refractivity (Wildman–Crippen MR) is 139 cm³/mol. The van der Waals surface area contributed by atoms with Gasteiger partial charge in [-0.3, -0.25) is 13.9 Å². The zero-order valence-corrected chi connectivity index (χ0v) is 22.6. The van der Waals surface area contributed by atoms with E-state index >= 15 is 0 Å². The van der Waals surface area contributed by atoms with Crippen LogP contribution in [0, 0.1) is 0 Å². The van der Waals surface area contributed by atoms with Crippen molar-refractivity contribution in [3.63, 3.8) is 0 Å². The minimum atomic E-state index is -3.87. The molecule has 2 aromatic carbocycles. The van der Waals surface area contributed by atoms with Gasteiger partial charge in [0.15, 0.2) is 11.5 Å². The van der Waals surface area contributed by atoms with Crippen molar-refractivity contribution in [1.82, 2.24) is 10.2 Å². The number of sulfonamides is 1. The van der Waals surface area contributed by atoms with Gasteiger partial charge >= 0.3 is 0 Å². The molecule has 0 unspecified atom stereocenters. The van der Waals surface area contributed by atoms with E-state index in [2.05, 4.69) is 5.32 Å². The highest BCUT2D eigenvalue weighted by atomic mass is 35.5. The number of nitrogens with one attached hydrogen (secondary N) is 1. The number of hydrogen-bond acceptors (Lipinski definition) is 6. The second kappa shape index (κ2) is 11.0. The lowest BCUT2D eigenvalue weighted by Gasteiger charge is -2.33. The van der Waals surface area contributed by atoms with Crippen LogP contribution in [0.1, 0.15) is 33.3 Å². The van der Waals surface area contributed by atoms with Crippen molar-refractivity contribution >= 4 is 39.1 Å². The predicted octanol–water partition coefficient (Wildman–Crippen LogP) is 3.21. The number of ether oxygens (including phenoxy) is 2. The highest BCUT2D eigenvalue weighted by Gasteiger charge is 2.32. The fourth-order valence-corrected chi connectivity index (χ4v) is 4.70. The molecule has 1 heterocycles. The van der Waals surface area contributed by atoms with Crippen LogP contribution in [0.2, 0.25) is 5.02 Å². The Morgan fingerprint density at radius 2 is 1.72 bits per heavy atom. The molecule has 0 aromatic heterocycles. The Bertz CT molecular complexity index is 1230. The Morgan fingerprint density at radius 3 is 2.33 bits per heavy atom. The lowest BCUT2D eigenvalue weighted by Crippen LogP contribution is -2.54. The minimum absolute atomic E-state index is 0.0238. The Morgan fingerprint density at radius 1 is 1.08 bits per heavy atom. The molecule has 11 heteroatoms. The standard InChI is InChI=1S/C25H32ClN3O6S/c1-17(24(31)27-25(2,3)4)28(15-18-8-6-7-9-20(18)26)23(30)16-29(36(5,32)33)19-10-11-21-22(14-19)35-13-12-34-21/h6-11,14,17H,12-13,15-16H2,1-5H3,(H,27,31)/t17-/m1/s1. The molecule has 1 atom stereocenters. The van der Waals surface area contributed by atoms with E-state index in [-0.39, 0.29) is 18.1 Å². The first-order valence-electron chi connectivity index (χ1n) is 11.5. The molecule has 1 N–H and O–H groups in total. The summed E-state index contributed by atoms with van der Waals surface area (Å²) >= 11 is 6.33. The average Bonchev–Trinajstić information content (AvgIpc) is 2.79. The first kappa shape index (κ1) is 27.6. The van der Waals surface area contributed by atoms with Gasteiger partial charge in [-0.15, -0.1) is 0 Å². The van der Waals surface area contributed by atoms with Crippen LogP contribution in [0.5, 0.6) is 11.5 Å². The number of benzene rings is 2. The van der Waals surface area contributed by atoms with E-state index in [9.17, 15) is 18.0 Å². The first-order chi connectivity index (χ1) is 16.8. The van der Waals surface area contributed by atoms with Gasteiger partial charge in [0.25, 0.3) is 0 Å². The third kappa shape index (κ3) is 7.04. The Kier molecular flexibility index (Phi) is 8.40. The minimum Gasteiger partial charge on any atom is -0.486 e.